The zero-order chi connectivity index (χ0) is 17.5. The van der Waals surface area contributed by atoms with Crippen LogP contribution in [0.4, 0.5) is 18.9 Å². The number of rotatable bonds is 3. The molecule has 0 spiro atoms. The number of carbonyl (C=O) groups is 1. The third kappa shape index (κ3) is 2.89. The van der Waals surface area contributed by atoms with Crippen LogP contribution in [0.2, 0.25) is 0 Å². The summed E-state index contributed by atoms with van der Waals surface area (Å²) in [6.07, 6.45) is -4.71. The molecule has 0 aliphatic rings. The number of aromatic nitrogens is 4. The van der Waals surface area contributed by atoms with E-state index in [0.717, 1.165) is 5.56 Å². The van der Waals surface area contributed by atoms with Gasteiger partial charge in [-0.25, -0.2) is 0 Å². The van der Waals surface area contributed by atoms with Crippen LogP contribution >= 0.6 is 11.3 Å². The van der Waals surface area contributed by atoms with Gasteiger partial charge in [0.05, 0.1) is 12.8 Å². The van der Waals surface area contributed by atoms with Crippen molar-refractivity contribution >= 4 is 27.9 Å². The minimum absolute atomic E-state index is 0.122. The van der Waals surface area contributed by atoms with Crippen LogP contribution in [-0.2, 0) is 6.18 Å². The summed E-state index contributed by atoms with van der Waals surface area (Å²) in [6.45, 7) is 1.83. The molecule has 0 saturated carbocycles. The Bertz CT molecular complexity index is 918. The van der Waals surface area contributed by atoms with Gasteiger partial charge in [0.25, 0.3) is 11.7 Å². The molecular formula is C13H10F3N5O2S. The van der Waals surface area contributed by atoms with Crippen LogP contribution < -0.4 is 10.1 Å². The van der Waals surface area contributed by atoms with E-state index in [1.807, 2.05) is 6.92 Å². The van der Waals surface area contributed by atoms with Crippen molar-refractivity contribution in [3.8, 4) is 5.75 Å². The highest BCUT2D eigenvalue weighted by Crippen LogP contribution is 2.30. The predicted octanol–water partition coefficient (Wildman–Crippen LogP) is 2.77. The van der Waals surface area contributed by atoms with E-state index in [1.54, 1.807) is 18.2 Å². The van der Waals surface area contributed by atoms with Gasteiger partial charge in [-0.3, -0.25) is 4.79 Å². The van der Waals surface area contributed by atoms with Gasteiger partial charge in [0.15, 0.2) is 0 Å². The van der Waals surface area contributed by atoms with Gasteiger partial charge in [-0.15, -0.1) is 15.3 Å². The Morgan fingerprint density at radius 1 is 1.33 bits per heavy atom. The molecule has 0 bridgehead atoms. The Balaban J connectivity index is 1.92. The maximum atomic E-state index is 12.8. The normalized spacial score (nSPS) is 11.7. The van der Waals surface area contributed by atoms with Crippen LogP contribution in [0.25, 0.3) is 4.96 Å². The number of hydrogen-bond acceptors (Lipinski definition) is 6. The second-order valence-corrected chi connectivity index (χ2v) is 5.74. The summed E-state index contributed by atoms with van der Waals surface area (Å²) in [4.78, 5) is 12.1. The molecule has 0 atom stereocenters. The smallest absolute Gasteiger partial charge is 0.453 e. The van der Waals surface area contributed by atoms with Gasteiger partial charge >= 0.3 is 6.18 Å². The van der Waals surface area contributed by atoms with E-state index < -0.39 is 17.9 Å². The number of fused-ring (bicyclic) bond motifs is 1. The second-order valence-electron chi connectivity index (χ2n) is 4.78. The minimum atomic E-state index is -4.71. The maximum Gasteiger partial charge on any atom is 0.453 e. The van der Waals surface area contributed by atoms with Crippen molar-refractivity contribution in [3.05, 3.63) is 34.6 Å². The molecule has 3 rings (SSSR count). The van der Waals surface area contributed by atoms with Gasteiger partial charge in [-0.05, 0) is 24.6 Å². The highest BCUT2D eigenvalue weighted by Gasteiger charge is 2.38. The molecular weight excluding hydrogens is 347 g/mol. The highest BCUT2D eigenvalue weighted by atomic mass is 32.1. The molecule has 11 heteroatoms. The number of alkyl halides is 3. The molecule has 1 aromatic carbocycles. The summed E-state index contributed by atoms with van der Waals surface area (Å²) in [5, 5.41) is 12.5. The molecule has 1 amide bonds. The van der Waals surface area contributed by atoms with Crippen LogP contribution in [0, 0.1) is 6.92 Å². The lowest BCUT2D eigenvalue weighted by atomic mass is 10.2. The highest BCUT2D eigenvalue weighted by molar-refractivity contribution is 7.18. The summed E-state index contributed by atoms with van der Waals surface area (Å²) in [5.41, 5.74) is 1.27. The molecule has 0 fully saturated rings. The van der Waals surface area contributed by atoms with Crippen molar-refractivity contribution in [2.24, 2.45) is 0 Å². The van der Waals surface area contributed by atoms with E-state index in [2.05, 4.69) is 20.6 Å². The first-order chi connectivity index (χ1) is 11.3. The van der Waals surface area contributed by atoms with E-state index in [1.165, 1.54) is 7.11 Å². The van der Waals surface area contributed by atoms with E-state index >= 15 is 0 Å². The zero-order valence-corrected chi connectivity index (χ0v) is 13.2. The first-order valence-corrected chi connectivity index (χ1v) is 7.36. The summed E-state index contributed by atoms with van der Waals surface area (Å²) in [6, 6.07) is 5.15. The lowest BCUT2D eigenvalue weighted by Crippen LogP contribution is -2.15. The van der Waals surface area contributed by atoms with E-state index in [4.69, 9.17) is 4.74 Å². The number of methoxy groups -OCH3 is 1. The monoisotopic (exact) mass is 357 g/mol. The van der Waals surface area contributed by atoms with Crippen LogP contribution in [0.15, 0.2) is 18.2 Å². The minimum Gasteiger partial charge on any atom is -0.495 e. The first-order valence-electron chi connectivity index (χ1n) is 6.55. The standard InChI is InChI=1S/C13H10F3N5O2S/c1-6-3-4-8(23-2)7(5-6)17-9(22)10-20-21-11(13(14,15)16)18-19-12(21)24-10/h3-5H,1-2H3,(H,17,22). The third-order valence-electron chi connectivity index (χ3n) is 3.04. The summed E-state index contributed by atoms with van der Waals surface area (Å²) >= 11 is 0.705. The number of hydrogen-bond donors (Lipinski definition) is 1. The van der Waals surface area contributed by atoms with Crippen molar-refractivity contribution in [3.63, 3.8) is 0 Å². The molecule has 126 valence electrons. The number of nitrogens with zero attached hydrogens (tertiary/aromatic N) is 4. The molecule has 0 unspecified atom stereocenters. The lowest BCUT2D eigenvalue weighted by Gasteiger charge is -2.09. The van der Waals surface area contributed by atoms with Gasteiger partial charge in [0, 0.05) is 0 Å². The number of anilines is 1. The number of aryl methyl sites for hydroxylation is 1. The number of carbonyl (C=O) groups excluding carboxylic acids is 1. The fourth-order valence-corrected chi connectivity index (χ4v) is 2.72. The van der Waals surface area contributed by atoms with Crippen molar-refractivity contribution in [1.82, 2.24) is 19.8 Å². The molecule has 7 nitrogen and oxygen atoms in total. The number of ether oxygens (including phenoxy) is 1. The average Bonchev–Trinajstić information content (AvgIpc) is 3.06. The Morgan fingerprint density at radius 2 is 2.08 bits per heavy atom. The Labute approximate surface area is 137 Å². The van der Waals surface area contributed by atoms with Crippen molar-refractivity contribution in [1.29, 1.82) is 0 Å². The second kappa shape index (κ2) is 5.74. The lowest BCUT2D eigenvalue weighted by molar-refractivity contribution is -0.146. The third-order valence-corrected chi connectivity index (χ3v) is 3.94. The molecule has 3 aromatic rings. The molecule has 24 heavy (non-hydrogen) atoms. The van der Waals surface area contributed by atoms with E-state index in [9.17, 15) is 18.0 Å². The van der Waals surface area contributed by atoms with Gasteiger partial charge in [-0.1, -0.05) is 17.4 Å². The molecule has 0 radical (unpaired) electrons. The van der Waals surface area contributed by atoms with E-state index in [-0.39, 0.29) is 9.97 Å². The topological polar surface area (TPSA) is 81.4 Å². The van der Waals surface area contributed by atoms with Gasteiger partial charge < -0.3 is 10.1 Å². The summed E-state index contributed by atoms with van der Waals surface area (Å²) in [5.74, 6) is -1.52. The maximum absolute atomic E-state index is 12.8. The predicted molar refractivity (Wildman–Crippen MR) is 79.3 cm³/mol. The summed E-state index contributed by atoms with van der Waals surface area (Å²) < 4.78 is 44.0. The zero-order valence-electron chi connectivity index (χ0n) is 12.4. The van der Waals surface area contributed by atoms with E-state index in [0.29, 0.717) is 27.3 Å². The largest absolute Gasteiger partial charge is 0.495 e. The molecule has 1 N–H and O–H groups in total. The molecule has 0 saturated heterocycles. The van der Waals surface area contributed by atoms with Crippen molar-refractivity contribution < 1.29 is 22.7 Å². The number of amides is 1. The van der Waals surface area contributed by atoms with Crippen LogP contribution in [-0.4, -0.2) is 32.8 Å². The van der Waals surface area contributed by atoms with Crippen molar-refractivity contribution in [2.75, 3.05) is 12.4 Å². The molecule has 2 heterocycles. The Hall–Kier alpha value is -2.69. The fourth-order valence-electron chi connectivity index (χ4n) is 1.98. The summed E-state index contributed by atoms with van der Waals surface area (Å²) in [7, 11) is 1.44. The van der Waals surface area contributed by atoms with Crippen LogP contribution in [0.3, 0.4) is 0 Å². The molecule has 0 aliphatic carbocycles. The molecule has 2 aromatic heterocycles. The van der Waals surface area contributed by atoms with Crippen molar-refractivity contribution in [2.45, 2.75) is 13.1 Å². The quantitative estimate of drug-likeness (QED) is 0.780. The number of nitrogens with one attached hydrogen (secondary N) is 1. The number of benzene rings is 1. The average molecular weight is 357 g/mol. The SMILES string of the molecule is COc1ccc(C)cc1NC(=O)c1nn2c(C(F)(F)F)nnc2s1. The Morgan fingerprint density at radius 3 is 2.75 bits per heavy atom. The van der Waals surface area contributed by atoms with Crippen LogP contribution in [0.5, 0.6) is 5.75 Å². The fraction of sp³-hybridized carbons (Fsp3) is 0.231. The first kappa shape index (κ1) is 16.2. The molecule has 0 aliphatic heterocycles. The Kier molecular flexibility index (Phi) is 3.87. The van der Waals surface area contributed by atoms with Crippen LogP contribution in [0.1, 0.15) is 21.2 Å². The van der Waals surface area contributed by atoms with Gasteiger partial charge in [0.1, 0.15) is 5.75 Å². The number of halogens is 3. The van der Waals surface area contributed by atoms with Gasteiger partial charge in [0.2, 0.25) is 9.97 Å². The van der Waals surface area contributed by atoms with Gasteiger partial charge in [-0.2, -0.15) is 17.7 Å².